The second-order valence-electron chi connectivity index (χ2n) is 4.88. The highest BCUT2D eigenvalue weighted by Crippen LogP contribution is 2.19. The zero-order chi connectivity index (χ0) is 16.7. The first-order chi connectivity index (χ1) is 11.1. The van der Waals surface area contributed by atoms with Crippen LogP contribution in [0.5, 0.6) is 0 Å². The Balaban J connectivity index is 1.83. The molecule has 0 aromatic heterocycles. The molecule has 2 aromatic carbocycles. The van der Waals surface area contributed by atoms with Crippen molar-refractivity contribution in [3.63, 3.8) is 0 Å². The maximum Gasteiger partial charge on any atom is 0.272 e. The van der Waals surface area contributed by atoms with E-state index < -0.39 is 19.5 Å². The summed E-state index contributed by atoms with van der Waals surface area (Å²) in [5.41, 5.74) is 1.65. The maximum atomic E-state index is 10.9. The van der Waals surface area contributed by atoms with Gasteiger partial charge < -0.3 is 4.12 Å². The molecular formula is C14H16N2O5Si2. The molecule has 0 saturated carbocycles. The van der Waals surface area contributed by atoms with Crippen LogP contribution in [0.2, 0.25) is 0 Å². The van der Waals surface area contributed by atoms with Crippen LogP contribution < -0.4 is 0 Å². The Morgan fingerprint density at radius 1 is 0.783 bits per heavy atom. The van der Waals surface area contributed by atoms with Gasteiger partial charge in [-0.05, 0) is 12.1 Å². The van der Waals surface area contributed by atoms with Crippen molar-refractivity contribution in [2.75, 3.05) is 0 Å². The molecule has 0 bridgehead atoms. The lowest BCUT2D eigenvalue weighted by molar-refractivity contribution is -0.385. The monoisotopic (exact) mass is 348 g/mol. The van der Waals surface area contributed by atoms with Gasteiger partial charge >= 0.3 is 0 Å². The van der Waals surface area contributed by atoms with Crippen molar-refractivity contribution < 1.29 is 14.0 Å². The molecule has 0 aliphatic rings. The number of para-hydroxylation sites is 2. The van der Waals surface area contributed by atoms with E-state index in [1.807, 2.05) is 0 Å². The van der Waals surface area contributed by atoms with Gasteiger partial charge in [0.25, 0.3) is 11.4 Å². The molecule has 2 rings (SSSR count). The number of hydrogen-bond donors (Lipinski definition) is 0. The Hall–Kier alpha value is -2.37. The molecule has 120 valence electrons. The van der Waals surface area contributed by atoms with Crippen LogP contribution in [0.15, 0.2) is 48.5 Å². The SMILES string of the molecule is O=[N+]([O-])c1ccccc1C[SiH2]O[SiH2]Cc1ccccc1[N+](=O)[O-]. The van der Waals surface area contributed by atoms with E-state index in [4.69, 9.17) is 4.12 Å². The lowest BCUT2D eigenvalue weighted by Gasteiger charge is -2.05. The van der Waals surface area contributed by atoms with Crippen molar-refractivity contribution in [1.82, 2.24) is 0 Å². The molecule has 0 aliphatic carbocycles. The van der Waals surface area contributed by atoms with Crippen molar-refractivity contribution in [2.45, 2.75) is 12.1 Å². The Morgan fingerprint density at radius 3 is 1.57 bits per heavy atom. The second-order valence-corrected chi connectivity index (χ2v) is 8.33. The lowest BCUT2D eigenvalue weighted by Crippen LogP contribution is -2.11. The van der Waals surface area contributed by atoms with Crippen LogP contribution in [0.1, 0.15) is 11.1 Å². The van der Waals surface area contributed by atoms with E-state index in [0.717, 1.165) is 0 Å². The van der Waals surface area contributed by atoms with Crippen LogP contribution in [-0.4, -0.2) is 29.4 Å². The standard InChI is InChI=1S/C14H16N2O5Si2/c17-15(18)13-7-3-1-5-11(13)9-22-21-23-10-12-6-2-4-8-14(12)16(19)20/h1-8H,9-10,22-23H2. The normalized spacial score (nSPS) is 11.5. The van der Waals surface area contributed by atoms with Gasteiger partial charge in [0, 0.05) is 23.3 Å². The smallest absolute Gasteiger partial charge is 0.272 e. The van der Waals surface area contributed by atoms with E-state index in [0.29, 0.717) is 23.2 Å². The van der Waals surface area contributed by atoms with Gasteiger partial charge in [0.1, 0.15) is 0 Å². The third kappa shape index (κ3) is 4.81. The summed E-state index contributed by atoms with van der Waals surface area (Å²) in [6.07, 6.45) is 0. The van der Waals surface area contributed by atoms with Crippen LogP contribution >= 0.6 is 0 Å². The molecule has 23 heavy (non-hydrogen) atoms. The molecule has 0 radical (unpaired) electrons. The first-order valence-electron chi connectivity index (χ1n) is 7.12. The number of nitrogens with zero attached hydrogens (tertiary/aromatic N) is 2. The average molecular weight is 348 g/mol. The summed E-state index contributed by atoms with van der Waals surface area (Å²) in [4.78, 5) is 21.1. The number of nitro groups is 2. The van der Waals surface area contributed by atoms with Gasteiger partial charge in [-0.15, -0.1) is 0 Å². The summed E-state index contributed by atoms with van der Waals surface area (Å²) >= 11 is 0. The van der Waals surface area contributed by atoms with E-state index >= 15 is 0 Å². The van der Waals surface area contributed by atoms with Crippen LogP contribution in [0.4, 0.5) is 11.4 Å². The second kappa shape index (κ2) is 8.31. The Labute approximate surface area is 137 Å². The van der Waals surface area contributed by atoms with Crippen LogP contribution in [-0.2, 0) is 16.2 Å². The maximum absolute atomic E-state index is 10.9. The molecule has 0 aliphatic heterocycles. The van der Waals surface area contributed by atoms with E-state index in [-0.39, 0.29) is 21.2 Å². The van der Waals surface area contributed by atoms with Gasteiger partial charge in [-0.1, -0.05) is 36.4 Å². The summed E-state index contributed by atoms with van der Waals surface area (Å²) in [5, 5.41) is 21.8. The lowest BCUT2D eigenvalue weighted by atomic mass is 10.2. The fourth-order valence-electron chi connectivity index (χ4n) is 2.27. The van der Waals surface area contributed by atoms with Gasteiger partial charge in [0.2, 0.25) is 0 Å². The zero-order valence-corrected chi connectivity index (χ0v) is 15.2. The van der Waals surface area contributed by atoms with E-state index in [1.54, 1.807) is 36.4 Å². The molecule has 0 amide bonds. The molecule has 9 heteroatoms. The molecule has 7 nitrogen and oxygen atoms in total. The molecule has 0 unspecified atom stereocenters. The first-order valence-corrected chi connectivity index (χ1v) is 10.3. The predicted octanol–water partition coefficient (Wildman–Crippen LogP) is 1.39. The molecule has 0 saturated heterocycles. The van der Waals surface area contributed by atoms with E-state index in [2.05, 4.69) is 0 Å². The largest absolute Gasteiger partial charge is 0.465 e. The van der Waals surface area contributed by atoms with Gasteiger partial charge in [-0.25, -0.2) is 0 Å². The summed E-state index contributed by atoms with van der Waals surface area (Å²) in [6, 6.07) is 14.5. The topological polar surface area (TPSA) is 95.5 Å². The predicted molar refractivity (Wildman–Crippen MR) is 91.8 cm³/mol. The number of hydrogen-bond acceptors (Lipinski definition) is 5. The Kier molecular flexibility index (Phi) is 6.14. The van der Waals surface area contributed by atoms with Gasteiger partial charge in [0.15, 0.2) is 19.5 Å². The third-order valence-corrected chi connectivity index (χ3v) is 7.20. The van der Waals surface area contributed by atoms with Crippen LogP contribution in [0.25, 0.3) is 0 Å². The molecule has 0 heterocycles. The highest BCUT2D eigenvalue weighted by Gasteiger charge is 2.13. The van der Waals surface area contributed by atoms with Crippen molar-refractivity contribution in [3.05, 3.63) is 79.9 Å². The van der Waals surface area contributed by atoms with Crippen LogP contribution in [0.3, 0.4) is 0 Å². The van der Waals surface area contributed by atoms with E-state index in [1.165, 1.54) is 12.1 Å². The summed E-state index contributed by atoms with van der Waals surface area (Å²) < 4.78 is 5.74. The summed E-state index contributed by atoms with van der Waals surface area (Å²) in [7, 11) is -1.80. The Bertz CT molecular complexity index is 652. The van der Waals surface area contributed by atoms with Crippen molar-refractivity contribution in [3.8, 4) is 0 Å². The van der Waals surface area contributed by atoms with Crippen molar-refractivity contribution in [1.29, 1.82) is 0 Å². The molecule has 2 aromatic rings. The highest BCUT2D eigenvalue weighted by atomic mass is 28.3. The fourth-order valence-corrected chi connectivity index (χ4v) is 5.52. The summed E-state index contributed by atoms with van der Waals surface area (Å²) in [5.74, 6) is 0. The van der Waals surface area contributed by atoms with Gasteiger partial charge in [0.05, 0.1) is 9.85 Å². The number of benzene rings is 2. The van der Waals surface area contributed by atoms with Crippen molar-refractivity contribution in [2.24, 2.45) is 0 Å². The first kappa shape index (κ1) is 17.0. The minimum Gasteiger partial charge on any atom is -0.465 e. The number of nitro benzene ring substituents is 2. The minimum absolute atomic E-state index is 0.129. The Morgan fingerprint density at radius 2 is 1.17 bits per heavy atom. The minimum atomic E-state index is -0.900. The van der Waals surface area contributed by atoms with Gasteiger partial charge in [-0.2, -0.15) is 0 Å². The quantitative estimate of drug-likeness (QED) is 0.311. The highest BCUT2D eigenvalue weighted by molar-refractivity contribution is 6.42. The molecule has 0 N–H and O–H groups in total. The third-order valence-electron chi connectivity index (χ3n) is 3.41. The molecule has 0 atom stereocenters. The average Bonchev–Trinajstić information content (AvgIpc) is 2.55. The molecular weight excluding hydrogens is 332 g/mol. The van der Waals surface area contributed by atoms with Gasteiger partial charge in [-0.3, -0.25) is 20.2 Å². The zero-order valence-electron chi connectivity index (χ0n) is 12.4. The number of rotatable bonds is 8. The van der Waals surface area contributed by atoms with Crippen LogP contribution in [0, 0.1) is 20.2 Å². The van der Waals surface area contributed by atoms with Crippen molar-refractivity contribution >= 4 is 30.9 Å². The fraction of sp³-hybridized carbons (Fsp3) is 0.143. The van der Waals surface area contributed by atoms with E-state index in [9.17, 15) is 20.2 Å². The molecule has 0 spiro atoms. The summed E-state index contributed by atoms with van der Waals surface area (Å²) in [6.45, 7) is 0. The molecule has 0 fully saturated rings.